The van der Waals surface area contributed by atoms with E-state index in [0.717, 1.165) is 0 Å². The second kappa shape index (κ2) is 8.31. The lowest BCUT2D eigenvalue weighted by molar-refractivity contribution is -0.123. The number of nitrogens with one attached hydrogen (secondary N) is 1. The van der Waals surface area contributed by atoms with Crippen molar-refractivity contribution in [2.75, 3.05) is 30.5 Å². The molecule has 2 aromatic carbocycles. The predicted octanol–water partition coefficient (Wildman–Crippen LogP) is 3.31. The molecule has 0 saturated heterocycles. The Bertz CT molecular complexity index is 944. The molecule has 1 aliphatic heterocycles. The number of ether oxygens (including phenoxy) is 2. The van der Waals surface area contributed by atoms with E-state index in [0.29, 0.717) is 39.9 Å². The average molecular weight is 403 g/mol. The van der Waals surface area contributed by atoms with E-state index in [4.69, 9.17) is 21.1 Å². The standard InChI is InChI=1S/C20H19ClN2O5/c1-3-16(24)12-4-6-18-15(8-12)23(20(26)11-28-18)10-19(25)22-14-9-13(21)5-7-17(14)27-2/h4-9H,3,10-11H2,1-2H3,(H,22,25). The van der Waals surface area contributed by atoms with Crippen LogP contribution in [0.3, 0.4) is 0 Å². The highest BCUT2D eigenvalue weighted by atomic mass is 35.5. The van der Waals surface area contributed by atoms with Gasteiger partial charge in [0.05, 0.1) is 18.5 Å². The minimum absolute atomic E-state index is 0.0612. The summed E-state index contributed by atoms with van der Waals surface area (Å²) in [7, 11) is 1.48. The summed E-state index contributed by atoms with van der Waals surface area (Å²) in [6.45, 7) is 1.34. The molecular weight excluding hydrogens is 384 g/mol. The Kier molecular flexibility index (Phi) is 5.84. The number of halogens is 1. The van der Waals surface area contributed by atoms with Crippen LogP contribution in [0.4, 0.5) is 11.4 Å². The molecular formula is C20H19ClN2O5. The Labute approximate surface area is 167 Å². The van der Waals surface area contributed by atoms with Crippen LogP contribution in [-0.2, 0) is 9.59 Å². The van der Waals surface area contributed by atoms with Crippen molar-refractivity contribution in [3.8, 4) is 11.5 Å². The molecule has 0 fully saturated rings. The van der Waals surface area contributed by atoms with Gasteiger partial charge < -0.3 is 14.8 Å². The molecule has 8 heteroatoms. The van der Waals surface area contributed by atoms with Gasteiger partial charge in [0.15, 0.2) is 12.4 Å². The maximum atomic E-state index is 12.6. The van der Waals surface area contributed by atoms with Crippen LogP contribution < -0.4 is 19.7 Å². The summed E-state index contributed by atoms with van der Waals surface area (Å²) < 4.78 is 10.6. The smallest absolute Gasteiger partial charge is 0.265 e. The quantitative estimate of drug-likeness (QED) is 0.749. The van der Waals surface area contributed by atoms with Crippen molar-refractivity contribution in [1.82, 2.24) is 0 Å². The van der Waals surface area contributed by atoms with Crippen LogP contribution in [0.2, 0.25) is 5.02 Å². The molecule has 0 aromatic heterocycles. The predicted molar refractivity (Wildman–Crippen MR) is 106 cm³/mol. The van der Waals surface area contributed by atoms with E-state index in [1.54, 1.807) is 43.3 Å². The number of rotatable bonds is 6. The Hall–Kier alpha value is -3.06. The maximum absolute atomic E-state index is 12.6. The van der Waals surface area contributed by atoms with E-state index in [1.807, 2.05) is 0 Å². The van der Waals surface area contributed by atoms with E-state index < -0.39 is 5.91 Å². The first-order valence-corrected chi connectivity index (χ1v) is 9.04. The van der Waals surface area contributed by atoms with Gasteiger partial charge in [-0.05, 0) is 36.4 Å². The average Bonchev–Trinajstić information content (AvgIpc) is 2.69. The first-order valence-electron chi connectivity index (χ1n) is 8.66. The summed E-state index contributed by atoms with van der Waals surface area (Å²) in [5, 5.41) is 3.14. The molecule has 0 atom stereocenters. The SMILES string of the molecule is CCC(=O)c1ccc2c(c1)N(CC(=O)Nc1cc(Cl)ccc1OC)C(=O)CO2. The molecule has 7 nitrogen and oxygen atoms in total. The van der Waals surface area contributed by atoms with Gasteiger partial charge in [-0.15, -0.1) is 0 Å². The topological polar surface area (TPSA) is 84.9 Å². The first-order chi connectivity index (χ1) is 13.4. The van der Waals surface area contributed by atoms with Crippen LogP contribution in [-0.4, -0.2) is 37.9 Å². The normalized spacial score (nSPS) is 12.8. The zero-order valence-electron chi connectivity index (χ0n) is 15.5. The van der Waals surface area contributed by atoms with Gasteiger partial charge in [-0.3, -0.25) is 19.3 Å². The molecule has 28 heavy (non-hydrogen) atoms. The fourth-order valence-corrected chi connectivity index (χ4v) is 3.04. The number of methoxy groups -OCH3 is 1. The summed E-state index contributed by atoms with van der Waals surface area (Å²) in [5.74, 6) is 0.0207. The van der Waals surface area contributed by atoms with Crippen molar-refractivity contribution in [3.63, 3.8) is 0 Å². The highest BCUT2D eigenvalue weighted by molar-refractivity contribution is 6.31. The summed E-state index contributed by atoms with van der Waals surface area (Å²) in [4.78, 5) is 38.2. The number of benzene rings is 2. The van der Waals surface area contributed by atoms with E-state index in [-0.39, 0.29) is 24.8 Å². The fraction of sp³-hybridized carbons (Fsp3) is 0.250. The van der Waals surface area contributed by atoms with Gasteiger partial charge in [-0.25, -0.2) is 0 Å². The molecule has 2 aromatic rings. The second-order valence-corrected chi connectivity index (χ2v) is 6.56. The number of Topliss-reactive ketones (excluding diaryl/α,β-unsaturated/α-hetero) is 1. The molecule has 0 aliphatic carbocycles. The van der Waals surface area contributed by atoms with Crippen LogP contribution in [0.1, 0.15) is 23.7 Å². The monoisotopic (exact) mass is 402 g/mol. The van der Waals surface area contributed by atoms with E-state index in [9.17, 15) is 14.4 Å². The number of nitrogens with zero attached hydrogens (tertiary/aromatic N) is 1. The van der Waals surface area contributed by atoms with Crippen LogP contribution in [0.5, 0.6) is 11.5 Å². The number of carbonyl (C=O) groups excluding carboxylic acids is 3. The molecule has 1 aliphatic rings. The number of fused-ring (bicyclic) bond motifs is 1. The van der Waals surface area contributed by atoms with Crippen LogP contribution in [0.25, 0.3) is 0 Å². The van der Waals surface area contributed by atoms with Gasteiger partial charge in [-0.2, -0.15) is 0 Å². The molecule has 1 N–H and O–H groups in total. The van der Waals surface area contributed by atoms with Gasteiger partial charge in [0.1, 0.15) is 18.0 Å². The van der Waals surface area contributed by atoms with Crippen molar-refractivity contribution in [3.05, 3.63) is 47.0 Å². The minimum atomic E-state index is -0.436. The lowest BCUT2D eigenvalue weighted by Crippen LogP contribution is -2.43. The van der Waals surface area contributed by atoms with Crippen molar-refractivity contribution >= 4 is 40.6 Å². The van der Waals surface area contributed by atoms with Crippen LogP contribution in [0, 0.1) is 0 Å². The second-order valence-electron chi connectivity index (χ2n) is 6.12. The lowest BCUT2D eigenvalue weighted by Gasteiger charge is -2.29. The zero-order chi connectivity index (χ0) is 20.3. The van der Waals surface area contributed by atoms with Crippen LogP contribution in [0.15, 0.2) is 36.4 Å². The summed E-state index contributed by atoms with van der Waals surface area (Å²) in [6.07, 6.45) is 0.336. The number of anilines is 2. The number of ketones is 1. The largest absolute Gasteiger partial charge is 0.495 e. The number of amides is 2. The molecule has 0 bridgehead atoms. The Morgan fingerprint density at radius 3 is 2.75 bits per heavy atom. The van der Waals surface area contributed by atoms with Crippen molar-refractivity contribution in [2.24, 2.45) is 0 Å². The fourth-order valence-electron chi connectivity index (χ4n) is 2.86. The third-order valence-corrected chi connectivity index (χ3v) is 4.52. The molecule has 0 unspecified atom stereocenters. The zero-order valence-corrected chi connectivity index (χ0v) is 16.2. The number of carbonyl (C=O) groups is 3. The van der Waals surface area contributed by atoms with Gasteiger partial charge in [0.2, 0.25) is 5.91 Å². The lowest BCUT2D eigenvalue weighted by atomic mass is 10.1. The summed E-state index contributed by atoms with van der Waals surface area (Å²) in [5.41, 5.74) is 1.25. The Morgan fingerprint density at radius 2 is 2.04 bits per heavy atom. The molecule has 1 heterocycles. The van der Waals surface area contributed by atoms with Gasteiger partial charge in [0.25, 0.3) is 5.91 Å². The highest BCUT2D eigenvalue weighted by Gasteiger charge is 2.28. The van der Waals surface area contributed by atoms with Crippen molar-refractivity contribution in [1.29, 1.82) is 0 Å². The highest BCUT2D eigenvalue weighted by Crippen LogP contribution is 2.33. The van der Waals surface area contributed by atoms with Gasteiger partial charge in [0, 0.05) is 17.0 Å². The van der Waals surface area contributed by atoms with Crippen molar-refractivity contribution in [2.45, 2.75) is 13.3 Å². The first kappa shape index (κ1) is 19.7. The van der Waals surface area contributed by atoms with Crippen LogP contribution >= 0.6 is 11.6 Å². The van der Waals surface area contributed by atoms with E-state index in [1.165, 1.54) is 12.0 Å². The molecule has 0 radical (unpaired) electrons. The molecule has 0 saturated carbocycles. The Morgan fingerprint density at radius 1 is 1.25 bits per heavy atom. The van der Waals surface area contributed by atoms with E-state index in [2.05, 4.69) is 5.32 Å². The van der Waals surface area contributed by atoms with E-state index >= 15 is 0 Å². The summed E-state index contributed by atoms with van der Waals surface area (Å²) in [6, 6.07) is 9.70. The van der Waals surface area contributed by atoms with Gasteiger partial charge in [-0.1, -0.05) is 18.5 Å². The molecule has 3 rings (SSSR count). The molecule has 0 spiro atoms. The number of hydrogen-bond donors (Lipinski definition) is 1. The Balaban J connectivity index is 1.84. The molecule has 2 amide bonds. The third kappa shape index (κ3) is 4.09. The summed E-state index contributed by atoms with van der Waals surface area (Å²) >= 11 is 5.98. The minimum Gasteiger partial charge on any atom is -0.495 e. The maximum Gasteiger partial charge on any atom is 0.265 e. The third-order valence-electron chi connectivity index (χ3n) is 4.28. The number of hydrogen-bond acceptors (Lipinski definition) is 5. The molecule has 146 valence electrons. The van der Waals surface area contributed by atoms with Crippen molar-refractivity contribution < 1.29 is 23.9 Å². The van der Waals surface area contributed by atoms with Gasteiger partial charge >= 0.3 is 0 Å².